The van der Waals surface area contributed by atoms with Crippen LogP contribution in [0.25, 0.3) is 0 Å². The lowest BCUT2D eigenvalue weighted by Gasteiger charge is -2.21. The number of halogens is 3. The highest BCUT2D eigenvalue weighted by molar-refractivity contribution is 6.33. The van der Waals surface area contributed by atoms with Crippen LogP contribution in [0, 0.1) is 5.82 Å². The van der Waals surface area contributed by atoms with Crippen LogP contribution >= 0.6 is 23.2 Å². The van der Waals surface area contributed by atoms with Crippen LogP contribution in [0.4, 0.5) is 10.1 Å². The van der Waals surface area contributed by atoms with Crippen LogP contribution in [0.15, 0.2) is 42.5 Å². The van der Waals surface area contributed by atoms with Gasteiger partial charge in [0.05, 0.1) is 10.7 Å². The molecule has 0 saturated heterocycles. The van der Waals surface area contributed by atoms with Gasteiger partial charge < -0.3 is 4.90 Å². The molecule has 0 unspecified atom stereocenters. The molecular formula is C15H14Cl2FN. The average Bonchev–Trinajstić information content (AvgIpc) is 2.41. The second-order valence-corrected chi connectivity index (χ2v) is 5.08. The first-order chi connectivity index (χ1) is 9.10. The van der Waals surface area contributed by atoms with Crippen LogP contribution in [0.5, 0.6) is 0 Å². The van der Waals surface area contributed by atoms with E-state index in [2.05, 4.69) is 0 Å². The first-order valence-electron chi connectivity index (χ1n) is 5.90. The molecule has 2 rings (SSSR count). The summed E-state index contributed by atoms with van der Waals surface area (Å²) in [6.07, 6.45) is 0. The van der Waals surface area contributed by atoms with Crippen LogP contribution in [-0.4, -0.2) is 7.05 Å². The predicted octanol–water partition coefficient (Wildman–Crippen LogP) is 4.85. The van der Waals surface area contributed by atoms with Gasteiger partial charge >= 0.3 is 0 Å². The molecule has 1 nitrogen and oxygen atoms in total. The third-order valence-corrected chi connectivity index (χ3v) is 3.52. The van der Waals surface area contributed by atoms with Crippen molar-refractivity contribution in [1.82, 2.24) is 0 Å². The van der Waals surface area contributed by atoms with Gasteiger partial charge in [0.25, 0.3) is 0 Å². The Bertz CT molecular complexity index is 555. The zero-order valence-corrected chi connectivity index (χ0v) is 12.0. The lowest BCUT2D eigenvalue weighted by atomic mass is 10.2. The zero-order valence-electron chi connectivity index (χ0n) is 10.5. The first-order valence-corrected chi connectivity index (χ1v) is 6.81. The van der Waals surface area contributed by atoms with Crippen molar-refractivity contribution in [2.75, 3.05) is 11.9 Å². The molecule has 0 aliphatic heterocycles. The van der Waals surface area contributed by atoms with Crippen molar-refractivity contribution < 1.29 is 4.39 Å². The van der Waals surface area contributed by atoms with Gasteiger partial charge in [0, 0.05) is 19.5 Å². The Morgan fingerprint density at radius 1 is 1.05 bits per heavy atom. The van der Waals surface area contributed by atoms with Crippen molar-refractivity contribution >= 4 is 28.9 Å². The Kier molecular flexibility index (Phi) is 4.67. The third kappa shape index (κ3) is 3.62. The number of nitrogens with zero attached hydrogens (tertiary/aromatic N) is 1. The topological polar surface area (TPSA) is 3.24 Å². The van der Waals surface area contributed by atoms with Crippen LogP contribution in [-0.2, 0) is 12.4 Å². The van der Waals surface area contributed by atoms with E-state index in [1.54, 1.807) is 12.1 Å². The third-order valence-electron chi connectivity index (χ3n) is 2.91. The molecule has 0 radical (unpaired) electrons. The highest BCUT2D eigenvalue weighted by Gasteiger charge is 2.07. The summed E-state index contributed by atoms with van der Waals surface area (Å²) in [7, 11) is 1.95. The second-order valence-electron chi connectivity index (χ2n) is 4.40. The fraction of sp³-hybridized carbons (Fsp3) is 0.200. The van der Waals surface area contributed by atoms with Gasteiger partial charge in [0.1, 0.15) is 5.82 Å². The van der Waals surface area contributed by atoms with Gasteiger partial charge in [0.2, 0.25) is 0 Å². The van der Waals surface area contributed by atoms with Crippen LogP contribution in [0.2, 0.25) is 5.02 Å². The molecule has 0 amide bonds. The molecule has 0 fully saturated rings. The lowest BCUT2D eigenvalue weighted by Crippen LogP contribution is -2.16. The standard InChI is InChI=1S/C15H14Cl2FN/c1-19(10-11-2-5-13(18)6-3-11)15-7-4-12(9-16)8-14(15)17/h2-8H,9-10H2,1H3. The molecule has 0 N–H and O–H groups in total. The Hall–Kier alpha value is -1.25. The van der Waals surface area contributed by atoms with E-state index in [0.29, 0.717) is 17.4 Å². The molecule has 0 spiro atoms. The number of hydrogen-bond acceptors (Lipinski definition) is 1. The number of anilines is 1. The van der Waals surface area contributed by atoms with Gasteiger partial charge in [-0.05, 0) is 35.4 Å². The maximum Gasteiger partial charge on any atom is 0.123 e. The van der Waals surface area contributed by atoms with Crippen molar-refractivity contribution in [3.63, 3.8) is 0 Å². The van der Waals surface area contributed by atoms with E-state index in [9.17, 15) is 4.39 Å². The number of hydrogen-bond donors (Lipinski definition) is 0. The first kappa shape index (κ1) is 14.2. The monoisotopic (exact) mass is 297 g/mol. The molecule has 0 saturated carbocycles. The maximum atomic E-state index is 12.8. The quantitative estimate of drug-likeness (QED) is 0.729. The van der Waals surface area contributed by atoms with E-state index in [1.807, 2.05) is 30.1 Å². The highest BCUT2D eigenvalue weighted by atomic mass is 35.5. The van der Waals surface area contributed by atoms with E-state index >= 15 is 0 Å². The Balaban J connectivity index is 2.15. The normalized spacial score (nSPS) is 10.5. The number of benzene rings is 2. The van der Waals surface area contributed by atoms with E-state index in [0.717, 1.165) is 16.8 Å². The van der Waals surface area contributed by atoms with Crippen LogP contribution in [0.3, 0.4) is 0 Å². The fourth-order valence-corrected chi connectivity index (χ4v) is 2.41. The van der Waals surface area contributed by atoms with Gasteiger partial charge in [-0.3, -0.25) is 0 Å². The molecule has 19 heavy (non-hydrogen) atoms. The molecule has 0 atom stereocenters. The summed E-state index contributed by atoms with van der Waals surface area (Å²) in [5.74, 6) is 0.220. The van der Waals surface area contributed by atoms with E-state index in [4.69, 9.17) is 23.2 Å². The Labute approximate surface area is 122 Å². The molecule has 4 heteroatoms. The molecular weight excluding hydrogens is 284 g/mol. The van der Waals surface area contributed by atoms with Crippen molar-refractivity contribution in [3.8, 4) is 0 Å². The average molecular weight is 298 g/mol. The predicted molar refractivity (Wildman–Crippen MR) is 79.5 cm³/mol. The van der Waals surface area contributed by atoms with Gasteiger partial charge in [0.15, 0.2) is 0 Å². The summed E-state index contributed by atoms with van der Waals surface area (Å²) in [5, 5.41) is 0.669. The maximum absolute atomic E-state index is 12.8. The largest absolute Gasteiger partial charge is 0.369 e. The summed E-state index contributed by atoms with van der Waals surface area (Å²) in [4.78, 5) is 2.02. The minimum Gasteiger partial charge on any atom is -0.369 e. The van der Waals surface area contributed by atoms with Gasteiger partial charge in [-0.15, -0.1) is 11.6 Å². The molecule has 0 aliphatic rings. The molecule has 0 aromatic heterocycles. The van der Waals surface area contributed by atoms with Crippen molar-refractivity contribution in [1.29, 1.82) is 0 Å². The van der Waals surface area contributed by atoms with Crippen LogP contribution in [0.1, 0.15) is 11.1 Å². The molecule has 0 aliphatic carbocycles. The Morgan fingerprint density at radius 3 is 2.26 bits per heavy atom. The molecule has 2 aromatic carbocycles. The van der Waals surface area contributed by atoms with Crippen molar-refractivity contribution in [2.24, 2.45) is 0 Å². The molecule has 2 aromatic rings. The molecule has 0 bridgehead atoms. The summed E-state index contributed by atoms with van der Waals surface area (Å²) in [6, 6.07) is 12.2. The fourth-order valence-electron chi connectivity index (χ4n) is 1.89. The van der Waals surface area contributed by atoms with E-state index in [1.165, 1.54) is 12.1 Å². The van der Waals surface area contributed by atoms with Gasteiger partial charge in [-0.2, -0.15) is 0 Å². The highest BCUT2D eigenvalue weighted by Crippen LogP contribution is 2.27. The number of alkyl halides is 1. The Morgan fingerprint density at radius 2 is 1.68 bits per heavy atom. The van der Waals surface area contributed by atoms with E-state index in [-0.39, 0.29) is 5.82 Å². The van der Waals surface area contributed by atoms with Crippen molar-refractivity contribution in [2.45, 2.75) is 12.4 Å². The molecule has 0 heterocycles. The molecule has 100 valence electrons. The summed E-state index contributed by atoms with van der Waals surface area (Å²) in [6.45, 7) is 0.667. The summed E-state index contributed by atoms with van der Waals surface area (Å²) >= 11 is 12.0. The smallest absolute Gasteiger partial charge is 0.123 e. The SMILES string of the molecule is CN(Cc1ccc(F)cc1)c1ccc(CCl)cc1Cl. The minimum absolute atomic E-state index is 0.226. The summed E-state index contributed by atoms with van der Waals surface area (Å²) in [5.41, 5.74) is 2.95. The lowest BCUT2D eigenvalue weighted by molar-refractivity contribution is 0.627. The van der Waals surface area contributed by atoms with Crippen molar-refractivity contribution in [3.05, 3.63) is 64.4 Å². The van der Waals surface area contributed by atoms with Gasteiger partial charge in [-0.25, -0.2) is 4.39 Å². The van der Waals surface area contributed by atoms with E-state index < -0.39 is 0 Å². The van der Waals surface area contributed by atoms with Crippen LogP contribution < -0.4 is 4.90 Å². The minimum atomic E-state index is -0.226. The van der Waals surface area contributed by atoms with Gasteiger partial charge in [-0.1, -0.05) is 29.8 Å². The summed E-state index contributed by atoms with van der Waals surface area (Å²) < 4.78 is 12.8. The zero-order chi connectivity index (χ0) is 13.8. The second kappa shape index (κ2) is 6.27. The number of rotatable bonds is 4.